The number of anilines is 1. The molecule has 0 amide bonds. The second-order valence-electron chi connectivity index (χ2n) is 5.81. The summed E-state index contributed by atoms with van der Waals surface area (Å²) in [7, 11) is -2.10. The summed E-state index contributed by atoms with van der Waals surface area (Å²) in [6.45, 7) is 0. The number of nitrogens with one attached hydrogen (secondary N) is 1. The highest BCUT2D eigenvalue weighted by atomic mass is 32.2. The maximum absolute atomic E-state index is 12.5. The number of nitrogens with zero attached hydrogens (tertiary/aromatic N) is 4. The second kappa shape index (κ2) is 6.72. The van der Waals surface area contributed by atoms with Crippen molar-refractivity contribution >= 4 is 15.7 Å². The van der Waals surface area contributed by atoms with Crippen LogP contribution < -0.4 is 4.72 Å². The molecule has 10 heteroatoms. The van der Waals surface area contributed by atoms with Gasteiger partial charge in [0.1, 0.15) is 0 Å². The standard InChI is InChI=1S/C17H15N5O4S/c1-22-10-16(18-11-22)27(23,24)21-13-6-3-2-5-12(13)9-15-19-17(20-26-15)14-7-4-8-25-14/h2-8,10-11,21H,9H2,1H3. The van der Waals surface area contributed by atoms with Gasteiger partial charge < -0.3 is 13.5 Å². The van der Waals surface area contributed by atoms with Crippen LogP contribution in [0.15, 0.2) is 69.2 Å². The molecule has 0 saturated carbocycles. The maximum atomic E-state index is 12.5. The normalized spacial score (nSPS) is 11.6. The Morgan fingerprint density at radius 3 is 2.78 bits per heavy atom. The molecule has 138 valence electrons. The van der Waals surface area contributed by atoms with Crippen molar-refractivity contribution in [2.75, 3.05) is 4.72 Å². The lowest BCUT2D eigenvalue weighted by Crippen LogP contribution is -2.14. The monoisotopic (exact) mass is 385 g/mol. The van der Waals surface area contributed by atoms with Crippen molar-refractivity contribution in [3.8, 4) is 11.6 Å². The van der Waals surface area contributed by atoms with Gasteiger partial charge in [0.25, 0.3) is 10.0 Å². The van der Waals surface area contributed by atoms with Gasteiger partial charge in [0.15, 0.2) is 10.8 Å². The molecule has 0 bridgehead atoms. The molecule has 3 heterocycles. The fourth-order valence-corrected chi connectivity index (χ4v) is 3.58. The predicted molar refractivity (Wildman–Crippen MR) is 95.3 cm³/mol. The van der Waals surface area contributed by atoms with Crippen LogP contribution in [0.5, 0.6) is 0 Å². The van der Waals surface area contributed by atoms with Gasteiger partial charge in [-0.3, -0.25) is 4.72 Å². The summed E-state index contributed by atoms with van der Waals surface area (Å²) in [5, 5.41) is 3.82. The molecular formula is C17H15N5O4S. The first-order valence-electron chi connectivity index (χ1n) is 7.96. The zero-order chi connectivity index (χ0) is 18.9. The molecule has 0 fully saturated rings. The highest BCUT2D eigenvalue weighted by molar-refractivity contribution is 7.92. The summed E-state index contributed by atoms with van der Waals surface area (Å²) >= 11 is 0. The molecule has 0 spiro atoms. The van der Waals surface area contributed by atoms with Gasteiger partial charge >= 0.3 is 0 Å². The molecule has 0 saturated heterocycles. The van der Waals surface area contributed by atoms with E-state index >= 15 is 0 Å². The molecule has 0 unspecified atom stereocenters. The van der Waals surface area contributed by atoms with Gasteiger partial charge in [0.05, 0.1) is 24.7 Å². The number of benzene rings is 1. The number of rotatable bonds is 6. The van der Waals surface area contributed by atoms with Gasteiger partial charge in [-0.2, -0.15) is 13.4 Å². The lowest BCUT2D eigenvalue weighted by molar-refractivity contribution is 0.384. The first kappa shape index (κ1) is 17.0. The van der Waals surface area contributed by atoms with Crippen LogP contribution in [-0.4, -0.2) is 28.1 Å². The minimum absolute atomic E-state index is 0.0577. The van der Waals surface area contributed by atoms with Crippen molar-refractivity contribution in [2.24, 2.45) is 7.05 Å². The summed E-state index contributed by atoms with van der Waals surface area (Å²) in [4.78, 5) is 8.17. The van der Waals surface area contributed by atoms with Crippen LogP contribution in [0.25, 0.3) is 11.6 Å². The van der Waals surface area contributed by atoms with E-state index in [1.54, 1.807) is 48.0 Å². The van der Waals surface area contributed by atoms with Crippen molar-refractivity contribution in [1.29, 1.82) is 0 Å². The highest BCUT2D eigenvalue weighted by Gasteiger charge is 2.19. The first-order chi connectivity index (χ1) is 13.0. The van der Waals surface area contributed by atoms with Gasteiger partial charge in [-0.15, -0.1) is 0 Å². The number of hydrogen-bond donors (Lipinski definition) is 1. The van der Waals surface area contributed by atoms with Gasteiger partial charge in [0.2, 0.25) is 11.7 Å². The second-order valence-corrected chi connectivity index (χ2v) is 7.44. The van der Waals surface area contributed by atoms with Crippen molar-refractivity contribution in [3.05, 3.63) is 66.6 Å². The van der Waals surface area contributed by atoms with E-state index in [-0.39, 0.29) is 11.4 Å². The molecule has 4 rings (SSSR count). The number of aryl methyl sites for hydroxylation is 1. The van der Waals surface area contributed by atoms with Crippen LogP contribution in [0.3, 0.4) is 0 Å². The Balaban J connectivity index is 1.58. The fourth-order valence-electron chi connectivity index (χ4n) is 2.49. The summed E-state index contributed by atoms with van der Waals surface area (Å²) in [5.41, 5.74) is 1.10. The zero-order valence-corrected chi connectivity index (χ0v) is 15.0. The topological polar surface area (TPSA) is 116 Å². The minimum atomic E-state index is -3.80. The van der Waals surface area contributed by atoms with E-state index in [2.05, 4.69) is 19.8 Å². The molecule has 1 N–H and O–H groups in total. The smallest absolute Gasteiger partial charge is 0.280 e. The summed E-state index contributed by atoms with van der Waals surface area (Å²) < 4.78 is 39.7. The number of hydrogen-bond acceptors (Lipinski definition) is 7. The average Bonchev–Trinajstić information content (AvgIpc) is 3.37. The van der Waals surface area contributed by atoms with E-state index in [1.807, 2.05) is 0 Å². The van der Waals surface area contributed by atoms with Crippen LogP contribution >= 0.6 is 0 Å². The fraction of sp³-hybridized carbons (Fsp3) is 0.118. The summed E-state index contributed by atoms with van der Waals surface area (Å²) in [6.07, 6.45) is 4.63. The van der Waals surface area contributed by atoms with E-state index in [0.29, 0.717) is 28.7 Å². The maximum Gasteiger partial charge on any atom is 0.280 e. The number of para-hydroxylation sites is 1. The SMILES string of the molecule is Cn1cnc(S(=O)(=O)Nc2ccccc2Cc2nc(-c3ccco3)no2)c1. The molecule has 9 nitrogen and oxygen atoms in total. The lowest BCUT2D eigenvalue weighted by atomic mass is 10.1. The molecule has 4 aromatic rings. The first-order valence-corrected chi connectivity index (χ1v) is 9.45. The van der Waals surface area contributed by atoms with Gasteiger partial charge in [0, 0.05) is 13.2 Å². The number of aromatic nitrogens is 4. The lowest BCUT2D eigenvalue weighted by Gasteiger charge is -2.10. The Bertz CT molecular complexity index is 1160. The van der Waals surface area contributed by atoms with Crippen LogP contribution in [0.4, 0.5) is 5.69 Å². The average molecular weight is 385 g/mol. The van der Waals surface area contributed by atoms with Gasteiger partial charge in [-0.05, 0) is 23.8 Å². The van der Waals surface area contributed by atoms with E-state index in [1.165, 1.54) is 18.8 Å². The predicted octanol–water partition coefficient (Wildman–Crippen LogP) is 2.45. The molecule has 0 radical (unpaired) electrons. The molecule has 27 heavy (non-hydrogen) atoms. The van der Waals surface area contributed by atoms with Crippen LogP contribution in [-0.2, 0) is 23.5 Å². The Labute approximate surface area is 154 Å². The van der Waals surface area contributed by atoms with E-state index < -0.39 is 10.0 Å². The van der Waals surface area contributed by atoms with E-state index in [0.717, 1.165) is 0 Å². The highest BCUT2D eigenvalue weighted by Crippen LogP contribution is 2.23. The molecule has 3 aromatic heterocycles. The third-order valence-electron chi connectivity index (χ3n) is 3.77. The van der Waals surface area contributed by atoms with Gasteiger partial charge in [-0.25, -0.2) is 4.98 Å². The van der Waals surface area contributed by atoms with E-state index in [9.17, 15) is 8.42 Å². The van der Waals surface area contributed by atoms with Gasteiger partial charge in [-0.1, -0.05) is 23.4 Å². The summed E-state index contributed by atoms with van der Waals surface area (Å²) in [6, 6.07) is 10.4. The molecular weight excluding hydrogens is 370 g/mol. The number of sulfonamides is 1. The van der Waals surface area contributed by atoms with Crippen LogP contribution in [0, 0.1) is 0 Å². The molecule has 0 aliphatic heterocycles. The Morgan fingerprint density at radius 1 is 1.19 bits per heavy atom. The van der Waals surface area contributed by atoms with Crippen molar-refractivity contribution in [3.63, 3.8) is 0 Å². The van der Waals surface area contributed by atoms with Crippen LogP contribution in [0.2, 0.25) is 0 Å². The van der Waals surface area contributed by atoms with Crippen molar-refractivity contribution in [2.45, 2.75) is 11.4 Å². The molecule has 0 aliphatic carbocycles. The van der Waals surface area contributed by atoms with Crippen molar-refractivity contribution < 1.29 is 17.4 Å². The Kier molecular flexibility index (Phi) is 4.24. The van der Waals surface area contributed by atoms with E-state index in [4.69, 9.17) is 8.94 Å². The molecule has 0 aliphatic rings. The number of furan rings is 1. The van der Waals surface area contributed by atoms with Crippen LogP contribution in [0.1, 0.15) is 11.5 Å². The molecule has 0 atom stereocenters. The van der Waals surface area contributed by atoms with Crippen molar-refractivity contribution in [1.82, 2.24) is 19.7 Å². The third kappa shape index (κ3) is 3.60. The largest absolute Gasteiger partial charge is 0.461 e. The summed E-state index contributed by atoms with van der Waals surface area (Å²) in [5.74, 6) is 1.17. The Hall–Kier alpha value is -3.40. The number of imidazole rings is 1. The molecule has 1 aromatic carbocycles. The zero-order valence-electron chi connectivity index (χ0n) is 14.2. The Morgan fingerprint density at radius 2 is 2.04 bits per heavy atom. The third-order valence-corrected chi connectivity index (χ3v) is 5.02. The quantitative estimate of drug-likeness (QED) is 0.542. The minimum Gasteiger partial charge on any atom is -0.461 e.